The van der Waals surface area contributed by atoms with Crippen LogP contribution in [0.4, 0.5) is 5.13 Å². The van der Waals surface area contributed by atoms with E-state index >= 15 is 0 Å². The van der Waals surface area contributed by atoms with E-state index in [1.807, 2.05) is 11.3 Å². The second kappa shape index (κ2) is 4.74. The third-order valence-electron chi connectivity index (χ3n) is 4.34. The maximum Gasteiger partial charge on any atom is 0.185 e. The molecule has 1 heterocycles. The van der Waals surface area contributed by atoms with Gasteiger partial charge in [-0.25, -0.2) is 4.98 Å². The summed E-state index contributed by atoms with van der Waals surface area (Å²) >= 11 is 1.90. The molecule has 3 rings (SSSR count). The van der Waals surface area contributed by atoms with E-state index < -0.39 is 0 Å². The summed E-state index contributed by atoms with van der Waals surface area (Å²) < 4.78 is 0. The van der Waals surface area contributed by atoms with Crippen molar-refractivity contribution in [2.24, 2.45) is 11.3 Å². The third kappa shape index (κ3) is 2.79. The van der Waals surface area contributed by atoms with Crippen LogP contribution in [0.15, 0.2) is 0 Å². The van der Waals surface area contributed by atoms with Crippen LogP contribution in [0.3, 0.4) is 0 Å². The Morgan fingerprint density at radius 2 is 2.16 bits per heavy atom. The van der Waals surface area contributed by atoms with E-state index in [9.17, 15) is 0 Å². The smallest absolute Gasteiger partial charge is 0.185 e. The maximum absolute atomic E-state index is 4.93. The van der Waals surface area contributed by atoms with E-state index in [1.165, 1.54) is 41.5 Å². The summed E-state index contributed by atoms with van der Waals surface area (Å²) in [5.41, 5.74) is 1.69. The Bertz CT molecular complexity index is 462. The van der Waals surface area contributed by atoms with Crippen molar-refractivity contribution in [2.75, 3.05) is 25.5 Å². The van der Waals surface area contributed by atoms with Crippen molar-refractivity contribution < 1.29 is 0 Å². The third-order valence-corrected chi connectivity index (χ3v) is 5.67. The summed E-state index contributed by atoms with van der Waals surface area (Å²) in [6, 6.07) is 0.485. The molecule has 106 valence electrons. The number of rotatable bonds is 4. The molecular formula is C15H25N3S. The summed E-state index contributed by atoms with van der Waals surface area (Å²) in [6.07, 6.45) is 5.14. The molecule has 0 spiro atoms. The first-order valence-corrected chi connectivity index (χ1v) is 8.18. The van der Waals surface area contributed by atoms with E-state index in [1.54, 1.807) is 0 Å². The van der Waals surface area contributed by atoms with Gasteiger partial charge >= 0.3 is 0 Å². The first-order chi connectivity index (χ1) is 8.98. The van der Waals surface area contributed by atoms with Crippen LogP contribution in [0.1, 0.15) is 49.7 Å². The molecule has 0 aromatic carbocycles. The maximum atomic E-state index is 4.93. The first-order valence-electron chi connectivity index (χ1n) is 7.36. The van der Waals surface area contributed by atoms with Gasteiger partial charge in [-0.3, -0.25) is 0 Å². The average molecular weight is 279 g/mol. The van der Waals surface area contributed by atoms with Gasteiger partial charge in [0.1, 0.15) is 0 Å². The van der Waals surface area contributed by atoms with E-state index in [4.69, 9.17) is 4.98 Å². The lowest BCUT2D eigenvalue weighted by atomic mass is 9.76. The minimum atomic E-state index is 0.362. The quantitative estimate of drug-likeness (QED) is 0.917. The van der Waals surface area contributed by atoms with Crippen molar-refractivity contribution in [3.63, 3.8) is 0 Å². The van der Waals surface area contributed by atoms with Crippen molar-refractivity contribution in [3.05, 3.63) is 10.6 Å². The molecule has 1 atom stereocenters. The second-order valence-corrected chi connectivity index (χ2v) is 8.03. The predicted octanol–water partition coefficient (Wildman–Crippen LogP) is 3.22. The van der Waals surface area contributed by atoms with Crippen LogP contribution in [0, 0.1) is 11.3 Å². The standard InChI is InChI=1S/C15H25N3S/c1-15(2)7-11(16-3)13-12(8-15)17-14(19-13)18(4)9-10-5-6-10/h10-11,16H,5-9H2,1-4H3. The Morgan fingerprint density at radius 1 is 1.42 bits per heavy atom. The van der Waals surface area contributed by atoms with Gasteiger partial charge in [0.05, 0.1) is 5.69 Å². The van der Waals surface area contributed by atoms with Gasteiger partial charge in [0, 0.05) is 24.5 Å². The zero-order valence-corrected chi connectivity index (χ0v) is 13.3. The molecule has 2 aliphatic rings. The van der Waals surface area contributed by atoms with Gasteiger partial charge in [-0.05, 0) is 44.1 Å². The van der Waals surface area contributed by atoms with Gasteiger partial charge in [0.2, 0.25) is 0 Å². The van der Waals surface area contributed by atoms with Crippen molar-refractivity contribution in [3.8, 4) is 0 Å². The zero-order chi connectivity index (χ0) is 13.6. The minimum absolute atomic E-state index is 0.362. The van der Waals surface area contributed by atoms with E-state index in [0.717, 1.165) is 12.3 Å². The molecule has 2 aliphatic carbocycles. The molecule has 4 heteroatoms. The number of hydrogen-bond donors (Lipinski definition) is 1. The van der Waals surface area contributed by atoms with E-state index in [0.29, 0.717) is 11.5 Å². The van der Waals surface area contributed by atoms with Gasteiger partial charge in [-0.2, -0.15) is 0 Å². The van der Waals surface area contributed by atoms with Crippen LogP contribution >= 0.6 is 11.3 Å². The van der Waals surface area contributed by atoms with Gasteiger partial charge in [0.15, 0.2) is 5.13 Å². The summed E-state index contributed by atoms with van der Waals surface area (Å²) in [5, 5.41) is 4.69. The fraction of sp³-hybridized carbons (Fsp3) is 0.800. The number of anilines is 1. The Hall–Kier alpha value is -0.610. The Kier molecular flexibility index (Phi) is 3.34. The van der Waals surface area contributed by atoms with Crippen LogP contribution in [0.2, 0.25) is 0 Å². The van der Waals surface area contributed by atoms with Gasteiger partial charge in [-0.15, -0.1) is 0 Å². The molecule has 0 saturated heterocycles. The molecule has 0 amide bonds. The molecule has 1 aromatic rings. The van der Waals surface area contributed by atoms with Gasteiger partial charge < -0.3 is 10.2 Å². The van der Waals surface area contributed by atoms with Crippen LogP contribution in [0.5, 0.6) is 0 Å². The molecule has 1 N–H and O–H groups in total. The molecule has 19 heavy (non-hydrogen) atoms. The van der Waals surface area contributed by atoms with Crippen molar-refractivity contribution in [2.45, 2.75) is 45.6 Å². The SMILES string of the molecule is CNC1CC(C)(C)Cc2nc(N(C)CC3CC3)sc21. The highest BCUT2D eigenvalue weighted by atomic mass is 32.1. The lowest BCUT2D eigenvalue weighted by molar-refractivity contribution is 0.265. The summed E-state index contributed by atoms with van der Waals surface area (Å²) in [6.45, 7) is 5.89. The molecule has 0 aliphatic heterocycles. The van der Waals surface area contributed by atoms with Crippen molar-refractivity contribution >= 4 is 16.5 Å². The number of hydrogen-bond acceptors (Lipinski definition) is 4. The summed E-state index contributed by atoms with van der Waals surface area (Å²) in [5.74, 6) is 0.919. The molecule has 1 fully saturated rings. The highest BCUT2D eigenvalue weighted by Gasteiger charge is 2.35. The molecule has 3 nitrogen and oxygen atoms in total. The number of fused-ring (bicyclic) bond motifs is 1. The molecule has 1 saturated carbocycles. The van der Waals surface area contributed by atoms with Crippen LogP contribution < -0.4 is 10.2 Å². The lowest BCUT2D eigenvalue weighted by Crippen LogP contribution is -2.30. The largest absolute Gasteiger partial charge is 0.351 e. The van der Waals surface area contributed by atoms with E-state index in [2.05, 4.69) is 38.2 Å². The van der Waals surface area contributed by atoms with Crippen molar-refractivity contribution in [1.29, 1.82) is 0 Å². The molecule has 1 unspecified atom stereocenters. The Labute approximate surface area is 120 Å². The van der Waals surface area contributed by atoms with Crippen molar-refractivity contribution in [1.82, 2.24) is 10.3 Å². The molecular weight excluding hydrogens is 254 g/mol. The van der Waals surface area contributed by atoms with Crippen LogP contribution in [0.25, 0.3) is 0 Å². The first kappa shape index (κ1) is 13.4. The summed E-state index contributed by atoms with van der Waals surface area (Å²) in [7, 11) is 4.27. The van der Waals surface area contributed by atoms with Crippen LogP contribution in [-0.2, 0) is 6.42 Å². The van der Waals surface area contributed by atoms with E-state index in [-0.39, 0.29) is 0 Å². The second-order valence-electron chi connectivity index (χ2n) is 7.02. The number of nitrogens with zero attached hydrogens (tertiary/aromatic N) is 2. The zero-order valence-electron chi connectivity index (χ0n) is 12.5. The molecule has 0 radical (unpaired) electrons. The fourth-order valence-electron chi connectivity index (χ4n) is 3.08. The molecule has 0 bridgehead atoms. The highest BCUT2D eigenvalue weighted by Crippen LogP contribution is 2.44. The van der Waals surface area contributed by atoms with Gasteiger partial charge in [0.25, 0.3) is 0 Å². The average Bonchev–Trinajstić information content (AvgIpc) is 3.04. The normalized spacial score (nSPS) is 25.2. The number of thiazole rings is 1. The Morgan fingerprint density at radius 3 is 2.79 bits per heavy atom. The minimum Gasteiger partial charge on any atom is -0.351 e. The summed E-state index contributed by atoms with van der Waals surface area (Å²) in [4.78, 5) is 8.76. The number of nitrogens with one attached hydrogen (secondary N) is 1. The Balaban J connectivity index is 1.84. The van der Waals surface area contributed by atoms with Gasteiger partial charge in [-0.1, -0.05) is 25.2 Å². The highest BCUT2D eigenvalue weighted by molar-refractivity contribution is 7.15. The number of aromatic nitrogens is 1. The van der Waals surface area contributed by atoms with Crippen LogP contribution in [-0.4, -0.2) is 25.6 Å². The monoisotopic (exact) mass is 279 g/mol. The molecule has 1 aromatic heterocycles. The lowest BCUT2D eigenvalue weighted by Gasteiger charge is -2.34. The topological polar surface area (TPSA) is 28.2 Å². The fourth-order valence-corrected chi connectivity index (χ4v) is 4.24. The predicted molar refractivity (Wildman–Crippen MR) is 82.0 cm³/mol.